The molecule has 96 valence electrons. The monoisotopic (exact) mass is 239 g/mol. The van der Waals surface area contributed by atoms with Crippen LogP contribution >= 0.6 is 0 Å². The summed E-state index contributed by atoms with van der Waals surface area (Å²) in [6, 6.07) is 0.303. The molecule has 2 aliphatic carbocycles. The van der Waals surface area contributed by atoms with Crippen LogP contribution in [0.3, 0.4) is 0 Å². The van der Waals surface area contributed by atoms with E-state index in [-0.39, 0.29) is 12.3 Å². The fraction of sp³-hybridized carbons (Fsp3) is 0.846. The molecule has 17 heavy (non-hydrogen) atoms. The van der Waals surface area contributed by atoms with Crippen molar-refractivity contribution < 1.29 is 14.7 Å². The Morgan fingerprint density at radius 1 is 1.12 bits per heavy atom. The number of nitrogens with one attached hydrogen (secondary N) is 1. The van der Waals surface area contributed by atoms with Gasteiger partial charge in [-0.15, -0.1) is 0 Å². The number of aliphatic carboxylic acids is 1. The van der Waals surface area contributed by atoms with E-state index in [0.717, 1.165) is 32.1 Å². The van der Waals surface area contributed by atoms with Crippen molar-refractivity contribution in [2.24, 2.45) is 5.41 Å². The van der Waals surface area contributed by atoms with Gasteiger partial charge in [0.25, 0.3) is 0 Å². The Bertz CT molecular complexity index is 304. The molecule has 0 spiro atoms. The lowest BCUT2D eigenvalue weighted by atomic mass is 9.71. The summed E-state index contributed by atoms with van der Waals surface area (Å²) in [4.78, 5) is 23.3. The van der Waals surface area contributed by atoms with Gasteiger partial charge >= 0.3 is 5.97 Å². The molecule has 0 aromatic carbocycles. The second kappa shape index (κ2) is 5.07. The van der Waals surface area contributed by atoms with Crippen LogP contribution in [0.15, 0.2) is 0 Å². The van der Waals surface area contributed by atoms with Gasteiger partial charge in [-0.05, 0) is 32.1 Å². The molecule has 1 amide bonds. The van der Waals surface area contributed by atoms with Crippen LogP contribution < -0.4 is 5.32 Å². The van der Waals surface area contributed by atoms with E-state index in [0.29, 0.717) is 18.9 Å². The maximum absolute atomic E-state index is 11.8. The molecule has 0 saturated heterocycles. The SMILES string of the molecule is O=C(CC1(C(=O)O)CCCCC1)NC1CCC1. The molecule has 2 aliphatic rings. The molecule has 2 saturated carbocycles. The predicted octanol–water partition coefficient (Wildman–Crippen LogP) is 2.08. The molecule has 0 aliphatic heterocycles. The summed E-state index contributed by atoms with van der Waals surface area (Å²) in [7, 11) is 0. The highest BCUT2D eigenvalue weighted by molar-refractivity contribution is 5.85. The van der Waals surface area contributed by atoms with E-state index in [1.165, 1.54) is 6.42 Å². The third-order valence-electron chi connectivity index (χ3n) is 4.23. The number of carboxylic acid groups (broad SMARTS) is 1. The second-order valence-electron chi connectivity index (χ2n) is 5.52. The molecule has 4 nitrogen and oxygen atoms in total. The zero-order chi connectivity index (χ0) is 12.3. The standard InChI is InChI=1S/C13H21NO3/c15-11(14-10-5-4-6-10)9-13(12(16)17)7-2-1-3-8-13/h10H,1-9H2,(H,14,15)(H,16,17). The first kappa shape index (κ1) is 12.4. The highest BCUT2D eigenvalue weighted by Gasteiger charge is 2.41. The topological polar surface area (TPSA) is 66.4 Å². The lowest BCUT2D eigenvalue weighted by molar-refractivity contribution is -0.154. The largest absolute Gasteiger partial charge is 0.481 e. The van der Waals surface area contributed by atoms with Gasteiger partial charge in [0.2, 0.25) is 5.91 Å². The van der Waals surface area contributed by atoms with Crippen molar-refractivity contribution >= 4 is 11.9 Å². The van der Waals surface area contributed by atoms with E-state index in [1.54, 1.807) is 0 Å². The molecule has 4 heteroatoms. The first-order chi connectivity index (χ1) is 8.12. The number of carboxylic acids is 1. The van der Waals surface area contributed by atoms with Crippen LogP contribution in [0.5, 0.6) is 0 Å². The van der Waals surface area contributed by atoms with E-state index in [1.807, 2.05) is 0 Å². The quantitative estimate of drug-likeness (QED) is 0.789. The van der Waals surface area contributed by atoms with Crippen LogP contribution in [-0.2, 0) is 9.59 Å². The average Bonchev–Trinajstić information content (AvgIpc) is 2.25. The van der Waals surface area contributed by atoms with Crippen LogP contribution in [-0.4, -0.2) is 23.0 Å². The maximum Gasteiger partial charge on any atom is 0.310 e. The number of amides is 1. The van der Waals surface area contributed by atoms with E-state index >= 15 is 0 Å². The molecule has 0 heterocycles. The molecule has 0 aromatic rings. The minimum Gasteiger partial charge on any atom is -0.481 e. The second-order valence-corrected chi connectivity index (χ2v) is 5.52. The van der Waals surface area contributed by atoms with E-state index in [2.05, 4.69) is 5.32 Å². The Balaban J connectivity index is 1.91. The number of carbonyl (C=O) groups excluding carboxylic acids is 1. The molecule has 0 unspecified atom stereocenters. The van der Waals surface area contributed by atoms with Gasteiger partial charge in [0, 0.05) is 12.5 Å². The van der Waals surface area contributed by atoms with Gasteiger partial charge in [0.15, 0.2) is 0 Å². The van der Waals surface area contributed by atoms with E-state index < -0.39 is 11.4 Å². The molecule has 0 radical (unpaired) electrons. The molecular formula is C13H21NO3. The van der Waals surface area contributed by atoms with Crippen LogP contribution in [0.4, 0.5) is 0 Å². The van der Waals surface area contributed by atoms with Crippen molar-refractivity contribution in [2.75, 3.05) is 0 Å². The Labute approximate surface area is 102 Å². The van der Waals surface area contributed by atoms with Crippen molar-refractivity contribution in [2.45, 2.75) is 63.8 Å². The van der Waals surface area contributed by atoms with Gasteiger partial charge in [-0.1, -0.05) is 19.3 Å². The Kier molecular flexibility index (Phi) is 3.69. The summed E-state index contributed by atoms with van der Waals surface area (Å²) in [6.07, 6.45) is 7.71. The van der Waals surface area contributed by atoms with Gasteiger partial charge < -0.3 is 10.4 Å². The zero-order valence-corrected chi connectivity index (χ0v) is 10.2. The lowest BCUT2D eigenvalue weighted by Gasteiger charge is -2.34. The predicted molar refractivity (Wildman–Crippen MR) is 63.6 cm³/mol. The van der Waals surface area contributed by atoms with Gasteiger partial charge in [-0.25, -0.2) is 0 Å². The van der Waals surface area contributed by atoms with Crippen molar-refractivity contribution in [1.29, 1.82) is 0 Å². The highest BCUT2D eigenvalue weighted by atomic mass is 16.4. The van der Waals surface area contributed by atoms with Crippen LogP contribution in [0, 0.1) is 5.41 Å². The molecule has 0 bridgehead atoms. The van der Waals surface area contributed by atoms with Crippen LogP contribution in [0.25, 0.3) is 0 Å². The number of carbonyl (C=O) groups is 2. The summed E-state index contributed by atoms with van der Waals surface area (Å²) in [5.74, 6) is -0.861. The third-order valence-corrected chi connectivity index (χ3v) is 4.23. The summed E-state index contributed by atoms with van der Waals surface area (Å²) >= 11 is 0. The van der Waals surface area contributed by atoms with Gasteiger partial charge in [-0.3, -0.25) is 9.59 Å². The normalized spacial score (nSPS) is 23.8. The Morgan fingerprint density at radius 3 is 2.24 bits per heavy atom. The van der Waals surface area contributed by atoms with Crippen molar-refractivity contribution in [3.05, 3.63) is 0 Å². The zero-order valence-electron chi connectivity index (χ0n) is 10.2. The van der Waals surface area contributed by atoms with Crippen molar-refractivity contribution in [1.82, 2.24) is 5.32 Å². The third kappa shape index (κ3) is 2.79. The fourth-order valence-electron chi connectivity index (χ4n) is 2.83. The highest BCUT2D eigenvalue weighted by Crippen LogP contribution is 2.39. The van der Waals surface area contributed by atoms with Crippen LogP contribution in [0.1, 0.15) is 57.8 Å². The smallest absolute Gasteiger partial charge is 0.310 e. The minimum atomic E-state index is -0.791. The first-order valence-electron chi connectivity index (χ1n) is 6.65. The molecule has 2 fully saturated rings. The lowest BCUT2D eigenvalue weighted by Crippen LogP contribution is -2.44. The fourth-order valence-corrected chi connectivity index (χ4v) is 2.83. The van der Waals surface area contributed by atoms with Gasteiger partial charge in [0.05, 0.1) is 5.41 Å². The molecular weight excluding hydrogens is 218 g/mol. The van der Waals surface area contributed by atoms with Gasteiger partial charge in [-0.2, -0.15) is 0 Å². The number of hydrogen-bond donors (Lipinski definition) is 2. The summed E-state index contributed by atoms with van der Waals surface area (Å²) in [6.45, 7) is 0. The summed E-state index contributed by atoms with van der Waals surface area (Å²) < 4.78 is 0. The average molecular weight is 239 g/mol. The molecule has 0 aromatic heterocycles. The van der Waals surface area contributed by atoms with E-state index in [4.69, 9.17) is 0 Å². The van der Waals surface area contributed by atoms with E-state index in [9.17, 15) is 14.7 Å². The van der Waals surface area contributed by atoms with Crippen molar-refractivity contribution in [3.63, 3.8) is 0 Å². The minimum absolute atomic E-state index is 0.0704. The van der Waals surface area contributed by atoms with Crippen LogP contribution in [0.2, 0.25) is 0 Å². The number of hydrogen-bond acceptors (Lipinski definition) is 2. The maximum atomic E-state index is 11.8. The number of rotatable bonds is 4. The Morgan fingerprint density at radius 2 is 1.76 bits per heavy atom. The Hall–Kier alpha value is -1.06. The van der Waals surface area contributed by atoms with Gasteiger partial charge in [0.1, 0.15) is 0 Å². The van der Waals surface area contributed by atoms with Crippen molar-refractivity contribution in [3.8, 4) is 0 Å². The molecule has 2 rings (SSSR count). The summed E-state index contributed by atoms with van der Waals surface area (Å²) in [5, 5.41) is 12.3. The molecule has 0 atom stereocenters. The first-order valence-corrected chi connectivity index (χ1v) is 6.65. The summed E-state index contributed by atoms with van der Waals surface area (Å²) in [5.41, 5.74) is -0.786. The molecule has 2 N–H and O–H groups in total.